The van der Waals surface area contributed by atoms with E-state index in [1.54, 1.807) is 21.3 Å². The van der Waals surface area contributed by atoms with Crippen molar-refractivity contribution in [1.29, 1.82) is 0 Å². The molecule has 0 aromatic carbocycles. The summed E-state index contributed by atoms with van der Waals surface area (Å²) in [7, 11) is 1.34. The van der Waals surface area contributed by atoms with Gasteiger partial charge in [0.25, 0.3) is 0 Å². The third kappa shape index (κ3) is 12.9. The summed E-state index contributed by atoms with van der Waals surface area (Å²) in [6.07, 6.45) is 10.6. The van der Waals surface area contributed by atoms with Gasteiger partial charge in [-0.05, 0) is 6.42 Å². The largest absolute Gasteiger partial charge is 0.549 e. The summed E-state index contributed by atoms with van der Waals surface area (Å²) in [5, 5.41) is 0. The van der Waals surface area contributed by atoms with Crippen LogP contribution < -0.4 is 0 Å². The Bertz CT molecular complexity index is 221. The number of hydrogen-bond acceptors (Lipinski definition) is 5. The molecule has 0 aliphatic heterocycles. The third-order valence-corrected chi connectivity index (χ3v) is 6.10. The van der Waals surface area contributed by atoms with Crippen LogP contribution in [0.3, 0.4) is 0 Å². The van der Waals surface area contributed by atoms with Crippen LogP contribution in [0, 0.1) is 0 Å². The molecule has 0 amide bonds. The van der Waals surface area contributed by atoms with E-state index in [-0.39, 0.29) is 0 Å². The maximum atomic E-state index is 8.40. The van der Waals surface area contributed by atoms with E-state index in [4.69, 9.17) is 22.2 Å². The van der Waals surface area contributed by atoms with Gasteiger partial charge < -0.3 is 13.3 Å². The van der Waals surface area contributed by atoms with Gasteiger partial charge in [0.2, 0.25) is 0 Å². The highest BCUT2D eigenvalue weighted by Crippen LogP contribution is 2.18. The van der Waals surface area contributed by atoms with E-state index in [0.717, 1.165) is 12.5 Å². The highest BCUT2D eigenvalue weighted by Gasteiger charge is 2.36. The van der Waals surface area contributed by atoms with Crippen molar-refractivity contribution < 1.29 is 22.2 Å². The Balaban J connectivity index is 0. The van der Waals surface area contributed by atoms with Crippen molar-refractivity contribution in [2.45, 2.75) is 64.3 Å². The fourth-order valence-electron chi connectivity index (χ4n) is 2.03. The van der Waals surface area contributed by atoms with Crippen molar-refractivity contribution in [2.75, 3.05) is 21.3 Å². The molecule has 0 fully saturated rings. The number of hydrogen-bond donors (Lipinski definition) is 0. The number of unbranched alkanes of at least 4 members (excludes halogenated alkanes) is 7. The van der Waals surface area contributed by atoms with Gasteiger partial charge in [-0.1, -0.05) is 51.9 Å². The minimum atomic E-state index is -2.30. The zero-order chi connectivity index (χ0) is 15.7. The van der Waals surface area contributed by atoms with Gasteiger partial charge in [0.15, 0.2) is 0 Å². The molecule has 0 aliphatic carbocycles. The molecule has 0 rings (SSSR count). The predicted molar refractivity (Wildman–Crippen MR) is 81.3 cm³/mol. The second kappa shape index (κ2) is 17.0. The second-order valence-electron chi connectivity index (χ2n) is 4.60. The SMILES string of the molecule is CCCCCCCCCC[Si](OC)(OC)OC.O=[Si]=O. The Hall–Kier alpha value is -0.0862. The molecule has 0 unspecified atom stereocenters. The Morgan fingerprint density at radius 2 is 1.10 bits per heavy atom. The molecule has 7 heteroatoms. The standard InChI is InChI=1S/C13H30O3Si.O2Si/c1-5-6-7-8-9-10-11-12-13-17(14-2,15-3)16-4;1-3-2/h5-13H2,1-4H3;. The van der Waals surface area contributed by atoms with E-state index in [2.05, 4.69) is 6.92 Å². The third-order valence-electron chi connectivity index (χ3n) is 3.27. The smallest absolute Gasteiger partial charge is 0.377 e. The first-order chi connectivity index (χ1) is 9.66. The summed E-state index contributed by atoms with van der Waals surface area (Å²) in [6.45, 7) is 2.25. The lowest BCUT2D eigenvalue weighted by Gasteiger charge is -2.24. The monoisotopic (exact) mass is 322 g/mol. The summed E-state index contributed by atoms with van der Waals surface area (Å²) in [6, 6.07) is 0.936. The molecular formula is C13H30O5Si2. The van der Waals surface area contributed by atoms with Crippen LogP contribution in [0.15, 0.2) is 0 Å². The van der Waals surface area contributed by atoms with E-state index in [9.17, 15) is 0 Å². The van der Waals surface area contributed by atoms with Crippen LogP contribution in [0.5, 0.6) is 0 Å². The maximum Gasteiger partial charge on any atom is 0.549 e. The van der Waals surface area contributed by atoms with Crippen LogP contribution in [0.25, 0.3) is 0 Å². The van der Waals surface area contributed by atoms with Crippen molar-refractivity contribution in [3.63, 3.8) is 0 Å². The lowest BCUT2D eigenvalue weighted by molar-refractivity contribution is 0.122. The van der Waals surface area contributed by atoms with Crippen molar-refractivity contribution >= 4 is 18.1 Å². The Kier molecular flexibility index (Phi) is 18.8. The first-order valence-corrected chi connectivity index (χ1v) is 10.1. The van der Waals surface area contributed by atoms with Crippen LogP contribution >= 0.6 is 0 Å². The molecule has 0 aromatic heterocycles. The van der Waals surface area contributed by atoms with Crippen molar-refractivity contribution in [3.8, 4) is 0 Å². The molecule has 0 saturated heterocycles. The average molecular weight is 323 g/mol. The molecule has 0 radical (unpaired) electrons. The van der Waals surface area contributed by atoms with Gasteiger partial charge in [-0.3, -0.25) is 8.92 Å². The topological polar surface area (TPSA) is 61.8 Å². The van der Waals surface area contributed by atoms with E-state index in [1.165, 1.54) is 44.9 Å². The molecule has 120 valence electrons. The van der Waals surface area contributed by atoms with Gasteiger partial charge in [-0.2, -0.15) is 0 Å². The first-order valence-electron chi connectivity index (χ1n) is 7.31. The van der Waals surface area contributed by atoms with Crippen molar-refractivity contribution in [3.05, 3.63) is 0 Å². The fraction of sp³-hybridized carbons (Fsp3) is 1.00. The molecule has 0 spiro atoms. The lowest BCUT2D eigenvalue weighted by atomic mass is 10.1. The maximum absolute atomic E-state index is 8.40. The zero-order valence-electron chi connectivity index (χ0n) is 13.4. The minimum absolute atomic E-state index is 0.936. The first kappa shape index (κ1) is 22.2. The second-order valence-corrected chi connectivity index (χ2v) is 7.86. The Morgan fingerprint density at radius 1 is 0.750 bits per heavy atom. The number of rotatable bonds is 12. The summed E-state index contributed by atoms with van der Waals surface area (Å²) in [4.78, 5) is 0. The van der Waals surface area contributed by atoms with Gasteiger partial charge in [0.05, 0.1) is 0 Å². The van der Waals surface area contributed by atoms with Crippen LogP contribution in [0.2, 0.25) is 6.04 Å². The predicted octanol–water partition coefficient (Wildman–Crippen LogP) is 3.39. The summed E-state index contributed by atoms with van der Waals surface area (Å²) >= 11 is 0. The Morgan fingerprint density at radius 3 is 1.45 bits per heavy atom. The molecule has 0 saturated carbocycles. The summed E-state index contributed by atoms with van der Waals surface area (Å²) in [5.74, 6) is 0. The highest BCUT2D eigenvalue weighted by molar-refractivity contribution is 6.60. The lowest BCUT2D eigenvalue weighted by Crippen LogP contribution is -2.42. The molecule has 5 nitrogen and oxygen atoms in total. The molecule has 20 heavy (non-hydrogen) atoms. The van der Waals surface area contributed by atoms with Gasteiger partial charge in [-0.25, -0.2) is 0 Å². The van der Waals surface area contributed by atoms with Gasteiger partial charge >= 0.3 is 18.1 Å². The van der Waals surface area contributed by atoms with Crippen LogP contribution in [-0.2, 0) is 22.2 Å². The van der Waals surface area contributed by atoms with E-state index >= 15 is 0 Å². The molecular weight excluding hydrogens is 292 g/mol. The molecule has 0 N–H and O–H groups in total. The van der Waals surface area contributed by atoms with Crippen LogP contribution in [-0.4, -0.2) is 39.4 Å². The Labute approximate surface area is 126 Å². The van der Waals surface area contributed by atoms with E-state index < -0.39 is 18.1 Å². The van der Waals surface area contributed by atoms with E-state index in [1.807, 2.05) is 0 Å². The van der Waals surface area contributed by atoms with Crippen molar-refractivity contribution in [1.82, 2.24) is 0 Å². The fourth-order valence-corrected chi connectivity index (χ4v) is 3.83. The minimum Gasteiger partial charge on any atom is -0.377 e. The quantitative estimate of drug-likeness (QED) is 0.407. The summed E-state index contributed by atoms with van der Waals surface area (Å²) in [5.41, 5.74) is 0. The summed E-state index contributed by atoms with van der Waals surface area (Å²) < 4.78 is 33.0. The molecule has 0 heterocycles. The van der Waals surface area contributed by atoms with Gasteiger partial charge in [0.1, 0.15) is 0 Å². The zero-order valence-corrected chi connectivity index (χ0v) is 15.4. The molecule has 0 aromatic rings. The molecule has 0 bridgehead atoms. The van der Waals surface area contributed by atoms with Crippen LogP contribution in [0.4, 0.5) is 0 Å². The van der Waals surface area contributed by atoms with Gasteiger partial charge in [0, 0.05) is 27.4 Å². The molecule has 0 atom stereocenters. The average Bonchev–Trinajstić information content (AvgIpc) is 2.47. The van der Waals surface area contributed by atoms with Gasteiger partial charge in [-0.15, -0.1) is 0 Å². The molecule has 0 aliphatic rings. The van der Waals surface area contributed by atoms with Crippen molar-refractivity contribution in [2.24, 2.45) is 0 Å². The normalized spacial score (nSPS) is 10.6. The highest BCUT2D eigenvalue weighted by atomic mass is 28.4. The van der Waals surface area contributed by atoms with E-state index in [0.29, 0.717) is 0 Å². The van der Waals surface area contributed by atoms with Crippen LogP contribution in [0.1, 0.15) is 58.3 Å².